The van der Waals surface area contributed by atoms with Gasteiger partial charge in [0.25, 0.3) is 0 Å². The number of rotatable bonds is 6. The van der Waals surface area contributed by atoms with Crippen molar-refractivity contribution in [2.24, 2.45) is 11.3 Å². The number of aliphatic hydroxyl groups is 1. The lowest BCUT2D eigenvalue weighted by molar-refractivity contribution is 0.0371. The monoisotopic (exact) mass is 243 g/mol. The quantitative estimate of drug-likeness (QED) is 0.776. The second kappa shape index (κ2) is 6.72. The first-order chi connectivity index (χ1) is 7.93. The van der Waals surface area contributed by atoms with Crippen LogP contribution in [0.3, 0.4) is 0 Å². The summed E-state index contributed by atoms with van der Waals surface area (Å²) in [6.07, 6.45) is 4.98. The van der Waals surface area contributed by atoms with E-state index in [0.717, 1.165) is 12.5 Å². The smallest absolute Gasteiger partial charge is 0.0899 e. The van der Waals surface area contributed by atoms with Crippen LogP contribution in [0, 0.1) is 11.3 Å². The van der Waals surface area contributed by atoms with Crippen molar-refractivity contribution in [3.05, 3.63) is 0 Å². The molecule has 1 N–H and O–H groups in total. The molecule has 1 atom stereocenters. The van der Waals surface area contributed by atoms with Crippen molar-refractivity contribution in [1.82, 2.24) is 4.90 Å². The van der Waals surface area contributed by atoms with Gasteiger partial charge in [-0.2, -0.15) is 0 Å². The number of hydrogen-bond acceptors (Lipinski definition) is 3. The highest BCUT2D eigenvalue weighted by Crippen LogP contribution is 2.38. The Hall–Kier alpha value is -0.120. The molecule has 102 valence electrons. The van der Waals surface area contributed by atoms with Crippen molar-refractivity contribution in [2.75, 3.05) is 33.9 Å². The van der Waals surface area contributed by atoms with Crippen molar-refractivity contribution in [3.8, 4) is 0 Å². The number of likely N-dealkylation sites (N-methyl/N-ethyl adjacent to an activating group) is 1. The minimum atomic E-state index is -0.356. The maximum absolute atomic E-state index is 9.67. The van der Waals surface area contributed by atoms with Gasteiger partial charge in [-0.3, -0.25) is 0 Å². The van der Waals surface area contributed by atoms with Crippen LogP contribution in [-0.2, 0) is 4.74 Å². The van der Waals surface area contributed by atoms with Gasteiger partial charge in [0.15, 0.2) is 0 Å². The Kier molecular flexibility index (Phi) is 5.90. The number of aliphatic hydroxyl groups excluding tert-OH is 1. The Morgan fingerprint density at radius 3 is 2.47 bits per heavy atom. The normalized spacial score (nSPS) is 22.9. The third kappa shape index (κ3) is 5.84. The summed E-state index contributed by atoms with van der Waals surface area (Å²) < 4.78 is 4.95. The largest absolute Gasteiger partial charge is 0.389 e. The molecule has 0 heterocycles. The molecule has 0 aliphatic heterocycles. The fourth-order valence-corrected chi connectivity index (χ4v) is 2.76. The first-order valence-electron chi connectivity index (χ1n) is 6.78. The van der Waals surface area contributed by atoms with Crippen LogP contribution >= 0.6 is 0 Å². The summed E-state index contributed by atoms with van der Waals surface area (Å²) in [4.78, 5) is 2.24. The molecule has 0 bridgehead atoms. The second-order valence-electron chi connectivity index (χ2n) is 6.44. The standard InChI is InChI=1S/C14H29NO2/c1-14(2)7-5-12(6-8-14)9-15(3)10-13(16)11-17-4/h12-13,16H,5-11H2,1-4H3. The van der Waals surface area contributed by atoms with Crippen molar-refractivity contribution < 1.29 is 9.84 Å². The van der Waals surface area contributed by atoms with Gasteiger partial charge in [-0.1, -0.05) is 13.8 Å². The predicted molar refractivity (Wildman–Crippen MR) is 71.1 cm³/mol. The lowest BCUT2D eigenvalue weighted by Crippen LogP contribution is -2.36. The van der Waals surface area contributed by atoms with Crippen LogP contribution in [0.25, 0.3) is 0 Å². The van der Waals surface area contributed by atoms with Crippen LogP contribution in [-0.4, -0.2) is 50.0 Å². The van der Waals surface area contributed by atoms with Crippen LogP contribution in [0.1, 0.15) is 39.5 Å². The van der Waals surface area contributed by atoms with E-state index in [1.165, 1.54) is 25.7 Å². The summed E-state index contributed by atoms with van der Waals surface area (Å²) in [6, 6.07) is 0. The fourth-order valence-electron chi connectivity index (χ4n) is 2.76. The Labute approximate surface area is 106 Å². The molecule has 0 spiro atoms. The lowest BCUT2D eigenvalue weighted by atomic mass is 9.73. The second-order valence-corrected chi connectivity index (χ2v) is 6.44. The van der Waals surface area contributed by atoms with Gasteiger partial charge >= 0.3 is 0 Å². The minimum Gasteiger partial charge on any atom is -0.389 e. The van der Waals surface area contributed by atoms with Gasteiger partial charge in [0, 0.05) is 20.2 Å². The SMILES string of the molecule is COCC(O)CN(C)CC1CCC(C)(C)CC1. The van der Waals surface area contributed by atoms with Gasteiger partial charge in [-0.25, -0.2) is 0 Å². The van der Waals surface area contributed by atoms with Crippen molar-refractivity contribution in [2.45, 2.75) is 45.6 Å². The van der Waals surface area contributed by atoms with Crippen LogP contribution < -0.4 is 0 Å². The molecule has 0 aromatic rings. The summed E-state index contributed by atoms with van der Waals surface area (Å²) in [7, 11) is 3.73. The van der Waals surface area contributed by atoms with E-state index in [1.54, 1.807) is 7.11 Å². The van der Waals surface area contributed by atoms with Gasteiger partial charge in [0.05, 0.1) is 12.7 Å². The lowest BCUT2D eigenvalue weighted by Gasteiger charge is -2.36. The molecule has 0 aromatic carbocycles. The molecule has 0 saturated heterocycles. The molecule has 3 heteroatoms. The molecular weight excluding hydrogens is 214 g/mol. The molecule has 1 aliphatic carbocycles. The summed E-state index contributed by atoms with van der Waals surface area (Å²) >= 11 is 0. The molecule has 1 fully saturated rings. The zero-order chi connectivity index (χ0) is 12.9. The highest BCUT2D eigenvalue weighted by molar-refractivity contribution is 4.80. The van der Waals surface area contributed by atoms with Crippen LogP contribution in [0.5, 0.6) is 0 Å². The first kappa shape index (κ1) is 14.9. The average Bonchev–Trinajstić information content (AvgIpc) is 2.21. The topological polar surface area (TPSA) is 32.7 Å². The number of methoxy groups -OCH3 is 1. The predicted octanol–water partition coefficient (Wildman–Crippen LogP) is 2.14. The number of nitrogens with zero attached hydrogens (tertiary/aromatic N) is 1. The van der Waals surface area contributed by atoms with Crippen LogP contribution in [0.4, 0.5) is 0 Å². The van der Waals surface area contributed by atoms with E-state index in [2.05, 4.69) is 25.8 Å². The number of ether oxygens (including phenoxy) is 1. The molecule has 1 aliphatic rings. The molecule has 0 aromatic heterocycles. The molecule has 0 radical (unpaired) electrons. The van der Waals surface area contributed by atoms with Gasteiger partial charge < -0.3 is 14.7 Å². The molecular formula is C14H29NO2. The molecule has 1 unspecified atom stereocenters. The Morgan fingerprint density at radius 2 is 1.94 bits per heavy atom. The van der Waals surface area contributed by atoms with Crippen LogP contribution in [0.2, 0.25) is 0 Å². The zero-order valence-electron chi connectivity index (χ0n) is 11.9. The van der Waals surface area contributed by atoms with Crippen molar-refractivity contribution in [3.63, 3.8) is 0 Å². The molecule has 3 nitrogen and oxygen atoms in total. The van der Waals surface area contributed by atoms with Gasteiger partial charge in [0.2, 0.25) is 0 Å². The third-order valence-corrected chi connectivity index (χ3v) is 3.91. The Bertz CT molecular complexity index is 208. The van der Waals surface area contributed by atoms with Crippen molar-refractivity contribution >= 4 is 0 Å². The average molecular weight is 243 g/mol. The first-order valence-corrected chi connectivity index (χ1v) is 6.78. The Balaban J connectivity index is 2.21. The molecule has 0 amide bonds. The van der Waals surface area contributed by atoms with E-state index in [4.69, 9.17) is 4.74 Å². The summed E-state index contributed by atoms with van der Waals surface area (Å²) in [5.74, 6) is 0.808. The maximum Gasteiger partial charge on any atom is 0.0899 e. The molecule has 1 rings (SSSR count). The van der Waals surface area contributed by atoms with Crippen molar-refractivity contribution in [1.29, 1.82) is 0 Å². The van der Waals surface area contributed by atoms with E-state index < -0.39 is 0 Å². The molecule has 1 saturated carbocycles. The minimum absolute atomic E-state index is 0.356. The van der Waals surface area contributed by atoms with Crippen LogP contribution in [0.15, 0.2) is 0 Å². The van der Waals surface area contributed by atoms with E-state index in [0.29, 0.717) is 18.6 Å². The third-order valence-electron chi connectivity index (χ3n) is 3.91. The van der Waals surface area contributed by atoms with Gasteiger partial charge in [-0.05, 0) is 44.1 Å². The van der Waals surface area contributed by atoms with Gasteiger partial charge in [0.1, 0.15) is 0 Å². The number of hydrogen-bond donors (Lipinski definition) is 1. The van der Waals surface area contributed by atoms with E-state index >= 15 is 0 Å². The molecule has 17 heavy (non-hydrogen) atoms. The fraction of sp³-hybridized carbons (Fsp3) is 1.00. The summed E-state index contributed by atoms with van der Waals surface area (Å²) in [5, 5.41) is 9.67. The van der Waals surface area contributed by atoms with E-state index in [9.17, 15) is 5.11 Å². The highest BCUT2D eigenvalue weighted by Gasteiger charge is 2.27. The van der Waals surface area contributed by atoms with Gasteiger partial charge in [-0.15, -0.1) is 0 Å². The summed E-state index contributed by atoms with van der Waals surface area (Å²) in [5.41, 5.74) is 0.546. The zero-order valence-corrected chi connectivity index (χ0v) is 11.9. The van der Waals surface area contributed by atoms with E-state index in [1.807, 2.05) is 0 Å². The highest BCUT2D eigenvalue weighted by atomic mass is 16.5. The summed E-state index contributed by atoms with van der Waals surface area (Å²) in [6.45, 7) is 7.00. The van der Waals surface area contributed by atoms with E-state index in [-0.39, 0.29) is 6.10 Å². The maximum atomic E-state index is 9.67. The Morgan fingerprint density at radius 1 is 1.35 bits per heavy atom.